The van der Waals surface area contributed by atoms with Crippen LogP contribution in [0.1, 0.15) is 11.8 Å². The number of fused-ring (bicyclic) bond motifs is 1. The SMILES string of the molecule is N#Cc1c(Cl)nc2c(ccn2[C@@H]2O[C@H](CS(=O)(=O)CP(=O)(O)O)[C@@H](O)[C@@H]2F)c1N. The third kappa shape index (κ3) is 4.24. The quantitative estimate of drug-likeness (QED) is 0.350. The maximum absolute atomic E-state index is 14.7. The molecule has 0 aliphatic carbocycles. The topological polar surface area (TPSA) is 189 Å². The fraction of sp³-hybridized carbons (Fsp3) is 0.429. The summed E-state index contributed by atoms with van der Waals surface area (Å²) in [4.78, 5) is 21.7. The van der Waals surface area contributed by atoms with Gasteiger partial charge in [-0.1, -0.05) is 11.6 Å². The maximum Gasteiger partial charge on any atom is 0.340 e. The number of ether oxygens (including phenoxy) is 1. The molecule has 0 aromatic carbocycles. The first-order valence-electron chi connectivity index (χ1n) is 7.93. The fourth-order valence-corrected chi connectivity index (χ4v) is 6.57. The van der Waals surface area contributed by atoms with Crippen LogP contribution in [0.3, 0.4) is 0 Å². The predicted molar refractivity (Wildman–Crippen MR) is 99.4 cm³/mol. The van der Waals surface area contributed by atoms with Crippen molar-refractivity contribution in [2.24, 2.45) is 0 Å². The van der Waals surface area contributed by atoms with Crippen molar-refractivity contribution >= 4 is 45.8 Å². The van der Waals surface area contributed by atoms with Crippen molar-refractivity contribution in [2.45, 2.75) is 24.6 Å². The molecule has 1 aliphatic heterocycles. The molecule has 15 heteroatoms. The van der Waals surface area contributed by atoms with Gasteiger partial charge in [-0.15, -0.1) is 0 Å². The van der Waals surface area contributed by atoms with E-state index in [2.05, 4.69) is 4.98 Å². The lowest BCUT2D eigenvalue weighted by atomic mass is 10.1. The van der Waals surface area contributed by atoms with Gasteiger partial charge in [-0.2, -0.15) is 5.26 Å². The minimum atomic E-state index is -4.88. The Balaban J connectivity index is 1.93. The Morgan fingerprint density at radius 1 is 1.48 bits per heavy atom. The number of alkyl halides is 1. The van der Waals surface area contributed by atoms with E-state index in [1.807, 2.05) is 0 Å². The molecule has 3 rings (SSSR count). The third-order valence-electron chi connectivity index (χ3n) is 4.32. The number of rotatable bonds is 5. The summed E-state index contributed by atoms with van der Waals surface area (Å²) in [5.74, 6) is -0.996. The van der Waals surface area contributed by atoms with Gasteiger partial charge in [0, 0.05) is 11.6 Å². The van der Waals surface area contributed by atoms with E-state index in [0.717, 1.165) is 4.57 Å². The molecule has 0 bridgehead atoms. The summed E-state index contributed by atoms with van der Waals surface area (Å²) in [7, 11) is -9.24. The lowest BCUT2D eigenvalue weighted by Gasteiger charge is -2.17. The highest BCUT2D eigenvalue weighted by Crippen LogP contribution is 2.39. The number of nitrogens with zero attached hydrogens (tertiary/aromatic N) is 3. The van der Waals surface area contributed by atoms with E-state index in [-0.39, 0.29) is 27.4 Å². The number of aliphatic hydroxyl groups is 1. The number of nitriles is 1. The van der Waals surface area contributed by atoms with Crippen LogP contribution in [0, 0.1) is 11.3 Å². The van der Waals surface area contributed by atoms with Gasteiger partial charge in [0.1, 0.15) is 29.5 Å². The second-order valence-corrected chi connectivity index (χ2v) is 11.0. The van der Waals surface area contributed by atoms with E-state index in [1.165, 1.54) is 12.3 Å². The molecule has 0 spiro atoms. The Morgan fingerprint density at radius 3 is 2.72 bits per heavy atom. The highest BCUT2D eigenvalue weighted by molar-refractivity contribution is 7.97. The summed E-state index contributed by atoms with van der Waals surface area (Å²) in [5.41, 5.74) is 4.41. The van der Waals surface area contributed by atoms with Gasteiger partial charge in [-0.05, 0) is 6.07 Å². The molecule has 0 amide bonds. The standard InChI is InChI=1S/C14H15ClFN4O7PS/c15-12-7(3-17)10(18)6-1-2-20(13(6)19-12)14-9(16)11(21)8(27-14)4-29(25,26)5-28(22,23)24/h1-2,8-9,11,14,21H,4-5H2,(H2,18,19)(H2,22,23,24)/t8-,9+,11-,14-/m1/s1. The number of hydrogen-bond donors (Lipinski definition) is 4. The number of aromatic nitrogens is 2. The molecule has 4 atom stereocenters. The molecular weight excluding hydrogens is 454 g/mol. The minimum absolute atomic E-state index is 0.0102. The number of aliphatic hydroxyl groups excluding tert-OH is 1. The zero-order valence-electron chi connectivity index (χ0n) is 14.4. The number of halogens is 2. The van der Waals surface area contributed by atoms with Crippen molar-refractivity contribution < 1.29 is 37.0 Å². The van der Waals surface area contributed by atoms with E-state index >= 15 is 0 Å². The van der Waals surface area contributed by atoms with Gasteiger partial charge < -0.3 is 29.9 Å². The van der Waals surface area contributed by atoms with Gasteiger partial charge in [-0.3, -0.25) is 4.57 Å². The Morgan fingerprint density at radius 2 is 2.14 bits per heavy atom. The summed E-state index contributed by atoms with van der Waals surface area (Å²) >= 11 is 5.92. The van der Waals surface area contributed by atoms with Crippen molar-refractivity contribution in [3.8, 4) is 6.07 Å². The van der Waals surface area contributed by atoms with Gasteiger partial charge in [0.05, 0.1) is 11.4 Å². The summed E-state index contributed by atoms with van der Waals surface area (Å²) in [5, 5.41) is 19.2. The summed E-state index contributed by atoms with van der Waals surface area (Å²) in [6.45, 7) is 0. The van der Waals surface area contributed by atoms with E-state index in [1.54, 1.807) is 6.07 Å². The highest BCUT2D eigenvalue weighted by Gasteiger charge is 2.47. The van der Waals surface area contributed by atoms with E-state index in [9.17, 15) is 22.5 Å². The number of pyridine rings is 1. The smallest absolute Gasteiger partial charge is 0.340 e. The number of anilines is 1. The normalized spacial score (nSPS) is 25.4. The average molecular weight is 469 g/mol. The molecule has 1 aliphatic rings. The zero-order chi connectivity index (χ0) is 21.7. The molecular formula is C14H15ClFN4O7PS. The van der Waals surface area contributed by atoms with Gasteiger partial charge >= 0.3 is 7.60 Å². The van der Waals surface area contributed by atoms with Crippen LogP contribution >= 0.6 is 19.2 Å². The van der Waals surface area contributed by atoms with E-state index in [4.69, 9.17) is 37.1 Å². The molecule has 0 unspecified atom stereocenters. The highest BCUT2D eigenvalue weighted by atomic mass is 35.5. The lowest BCUT2D eigenvalue weighted by Crippen LogP contribution is -2.34. The Kier molecular flexibility index (Phi) is 5.65. The van der Waals surface area contributed by atoms with Gasteiger partial charge in [0.15, 0.2) is 32.9 Å². The molecule has 2 aromatic rings. The second-order valence-electron chi connectivity index (χ2n) is 6.47. The van der Waals surface area contributed by atoms with Gasteiger partial charge in [-0.25, -0.2) is 17.8 Å². The maximum atomic E-state index is 14.7. The first-order chi connectivity index (χ1) is 13.3. The first kappa shape index (κ1) is 21.9. The average Bonchev–Trinajstić information content (AvgIpc) is 3.09. The van der Waals surface area contributed by atoms with Crippen molar-refractivity contribution in [2.75, 3.05) is 17.0 Å². The van der Waals surface area contributed by atoms with Crippen molar-refractivity contribution in [1.82, 2.24) is 9.55 Å². The number of hydrogen-bond acceptors (Lipinski definition) is 8. The molecule has 158 valence electrons. The lowest BCUT2D eigenvalue weighted by molar-refractivity contribution is -0.0119. The van der Waals surface area contributed by atoms with Crippen molar-refractivity contribution in [1.29, 1.82) is 5.26 Å². The summed E-state index contributed by atoms with van der Waals surface area (Å²) in [6.07, 6.45) is -5.72. The Bertz CT molecular complexity index is 1160. The monoisotopic (exact) mass is 468 g/mol. The molecule has 29 heavy (non-hydrogen) atoms. The van der Waals surface area contributed by atoms with Gasteiger partial charge in [0.2, 0.25) is 0 Å². The molecule has 0 saturated carbocycles. The second kappa shape index (κ2) is 7.48. The molecule has 5 N–H and O–H groups in total. The molecule has 3 heterocycles. The van der Waals surface area contributed by atoms with E-state index in [0.29, 0.717) is 0 Å². The molecule has 2 aromatic heterocycles. The van der Waals surface area contributed by atoms with Crippen molar-refractivity contribution in [3.63, 3.8) is 0 Å². The Hall–Kier alpha value is -1.78. The summed E-state index contributed by atoms with van der Waals surface area (Å²) in [6, 6.07) is 3.22. The van der Waals surface area contributed by atoms with Crippen LogP contribution in [0.5, 0.6) is 0 Å². The number of nitrogen functional groups attached to an aromatic ring is 1. The number of nitrogens with two attached hydrogens (primary N) is 1. The zero-order valence-corrected chi connectivity index (χ0v) is 16.9. The van der Waals surface area contributed by atoms with Crippen LogP contribution in [-0.2, 0) is 19.1 Å². The predicted octanol–water partition coefficient (Wildman–Crippen LogP) is 0.290. The van der Waals surface area contributed by atoms with Crippen LogP contribution in [0.2, 0.25) is 5.15 Å². The van der Waals surface area contributed by atoms with E-state index < -0.39 is 53.3 Å². The van der Waals surface area contributed by atoms with Crippen LogP contribution in [-0.4, -0.2) is 62.5 Å². The third-order valence-corrected chi connectivity index (χ3v) is 8.35. The summed E-state index contributed by atoms with van der Waals surface area (Å²) < 4.78 is 56.0. The molecule has 0 radical (unpaired) electrons. The fourth-order valence-electron chi connectivity index (χ4n) is 3.10. The first-order valence-corrected chi connectivity index (χ1v) is 11.9. The van der Waals surface area contributed by atoms with Crippen LogP contribution in [0.4, 0.5) is 10.1 Å². The minimum Gasteiger partial charge on any atom is -0.397 e. The largest absolute Gasteiger partial charge is 0.397 e. The van der Waals surface area contributed by atoms with Crippen LogP contribution in [0.25, 0.3) is 11.0 Å². The molecule has 11 nitrogen and oxygen atoms in total. The number of sulfone groups is 1. The molecule has 1 saturated heterocycles. The Labute approximate surface area is 168 Å². The van der Waals surface area contributed by atoms with Crippen molar-refractivity contribution in [3.05, 3.63) is 23.0 Å². The van der Waals surface area contributed by atoms with Gasteiger partial charge in [0.25, 0.3) is 0 Å². The molecule has 1 fully saturated rings. The van der Waals surface area contributed by atoms with Crippen LogP contribution < -0.4 is 5.73 Å². The van der Waals surface area contributed by atoms with Crippen LogP contribution in [0.15, 0.2) is 12.3 Å².